The van der Waals surface area contributed by atoms with E-state index in [0.717, 1.165) is 5.92 Å². The maximum absolute atomic E-state index is 2.43. The summed E-state index contributed by atoms with van der Waals surface area (Å²) >= 11 is 0. The molecule has 1 fully saturated rings. The highest BCUT2D eigenvalue weighted by molar-refractivity contribution is 6.34. The number of benzene rings is 5. The van der Waals surface area contributed by atoms with Gasteiger partial charge in [0.2, 0.25) is 0 Å². The topological polar surface area (TPSA) is 0 Å². The van der Waals surface area contributed by atoms with Crippen LogP contribution in [0, 0.1) is 0 Å². The molecule has 0 atom stereocenters. The number of hydrogen-bond acceptors (Lipinski definition) is 0. The van der Waals surface area contributed by atoms with Crippen LogP contribution in [0.25, 0.3) is 43.1 Å². The third-order valence-corrected chi connectivity index (χ3v) is 6.59. The number of rotatable bonds is 1. The number of hydrogen-bond donors (Lipinski definition) is 0. The van der Waals surface area contributed by atoms with Gasteiger partial charge in [-0.2, -0.15) is 0 Å². The minimum absolute atomic E-state index is 0.719. The van der Waals surface area contributed by atoms with E-state index in [1.54, 1.807) is 5.56 Å². The van der Waals surface area contributed by atoms with E-state index < -0.39 is 0 Å². The average molecular weight is 334 g/mol. The standard InChI is InChI=1S/C26H22/c1-2-7-17(8-3-1)20-16-15-19-14-13-18-9-6-12-22-21-10-4-5-11-23(21)26(20)25(19)24(18)22/h4-6,9-17H,1-3,7-8H2. The Morgan fingerprint density at radius 3 is 2.00 bits per heavy atom. The Hall–Kier alpha value is -2.60. The van der Waals surface area contributed by atoms with E-state index in [4.69, 9.17) is 0 Å². The molecule has 0 heterocycles. The average Bonchev–Trinajstić information content (AvgIpc) is 2.73. The lowest BCUT2D eigenvalue weighted by Crippen LogP contribution is -2.05. The third kappa shape index (κ3) is 1.90. The van der Waals surface area contributed by atoms with E-state index in [1.807, 2.05) is 0 Å². The summed E-state index contributed by atoms with van der Waals surface area (Å²) in [6.45, 7) is 0. The molecule has 0 spiro atoms. The van der Waals surface area contributed by atoms with Crippen LogP contribution in [0.2, 0.25) is 0 Å². The van der Waals surface area contributed by atoms with Gasteiger partial charge in [-0.15, -0.1) is 0 Å². The fourth-order valence-electron chi connectivity index (χ4n) is 5.42. The number of fused-ring (bicyclic) bond motifs is 3. The second-order valence-electron chi connectivity index (χ2n) is 7.98. The molecule has 5 aromatic carbocycles. The molecule has 0 unspecified atom stereocenters. The lowest BCUT2D eigenvalue weighted by atomic mass is 9.79. The summed E-state index contributed by atoms with van der Waals surface area (Å²) in [4.78, 5) is 0. The molecular weight excluding hydrogens is 312 g/mol. The highest BCUT2D eigenvalue weighted by atomic mass is 14.3. The fraction of sp³-hybridized carbons (Fsp3) is 0.231. The molecule has 0 aromatic heterocycles. The van der Waals surface area contributed by atoms with Crippen molar-refractivity contribution in [2.24, 2.45) is 0 Å². The summed E-state index contributed by atoms with van der Waals surface area (Å²) in [5.41, 5.74) is 1.59. The van der Waals surface area contributed by atoms with Crippen molar-refractivity contribution in [1.82, 2.24) is 0 Å². The molecule has 1 saturated carbocycles. The Bertz CT molecular complexity index is 1260. The molecule has 0 aliphatic heterocycles. The van der Waals surface area contributed by atoms with Gasteiger partial charge in [0.1, 0.15) is 0 Å². The highest BCUT2D eigenvalue weighted by Crippen LogP contribution is 2.45. The molecule has 1 aliphatic carbocycles. The Morgan fingerprint density at radius 1 is 0.500 bits per heavy atom. The van der Waals surface area contributed by atoms with Crippen molar-refractivity contribution in [2.75, 3.05) is 0 Å². The second-order valence-corrected chi connectivity index (χ2v) is 7.98. The first kappa shape index (κ1) is 14.6. The van der Waals surface area contributed by atoms with Crippen molar-refractivity contribution < 1.29 is 0 Å². The molecular formula is C26H22. The van der Waals surface area contributed by atoms with Gasteiger partial charge in [-0.1, -0.05) is 86.0 Å². The molecule has 0 bridgehead atoms. The predicted octanol–water partition coefficient (Wildman–Crippen LogP) is 7.78. The Morgan fingerprint density at radius 2 is 1.15 bits per heavy atom. The van der Waals surface area contributed by atoms with E-state index in [2.05, 4.69) is 66.7 Å². The largest absolute Gasteiger partial charge is 0.0616 e. The van der Waals surface area contributed by atoms with E-state index in [9.17, 15) is 0 Å². The second kappa shape index (κ2) is 5.45. The highest BCUT2D eigenvalue weighted by Gasteiger charge is 2.21. The minimum atomic E-state index is 0.719. The van der Waals surface area contributed by atoms with Crippen molar-refractivity contribution in [2.45, 2.75) is 38.0 Å². The Labute approximate surface area is 153 Å². The van der Waals surface area contributed by atoms with E-state index in [1.165, 1.54) is 75.2 Å². The van der Waals surface area contributed by atoms with Crippen molar-refractivity contribution in [1.29, 1.82) is 0 Å². The summed E-state index contributed by atoms with van der Waals surface area (Å²) in [7, 11) is 0. The molecule has 6 rings (SSSR count). The first-order valence-electron chi connectivity index (χ1n) is 10.00. The molecule has 0 N–H and O–H groups in total. The van der Waals surface area contributed by atoms with Gasteiger partial charge < -0.3 is 0 Å². The first-order chi connectivity index (χ1) is 12.9. The first-order valence-corrected chi connectivity index (χ1v) is 10.00. The van der Waals surface area contributed by atoms with Gasteiger partial charge in [-0.05, 0) is 67.4 Å². The molecule has 26 heavy (non-hydrogen) atoms. The maximum Gasteiger partial charge on any atom is -0.00175 e. The fourth-order valence-corrected chi connectivity index (χ4v) is 5.42. The molecule has 1 aliphatic rings. The van der Waals surface area contributed by atoms with Crippen molar-refractivity contribution >= 4 is 43.1 Å². The van der Waals surface area contributed by atoms with E-state index >= 15 is 0 Å². The van der Waals surface area contributed by atoms with Crippen LogP contribution >= 0.6 is 0 Å². The van der Waals surface area contributed by atoms with Crippen LogP contribution in [0.1, 0.15) is 43.6 Å². The molecule has 5 aromatic rings. The maximum atomic E-state index is 2.43. The summed E-state index contributed by atoms with van der Waals surface area (Å²) in [6.07, 6.45) is 6.86. The predicted molar refractivity (Wildman–Crippen MR) is 113 cm³/mol. The van der Waals surface area contributed by atoms with Gasteiger partial charge in [0.25, 0.3) is 0 Å². The van der Waals surface area contributed by atoms with Gasteiger partial charge in [0, 0.05) is 0 Å². The summed E-state index contributed by atoms with van der Waals surface area (Å²) in [5.74, 6) is 0.719. The lowest BCUT2D eigenvalue weighted by molar-refractivity contribution is 0.446. The van der Waals surface area contributed by atoms with Gasteiger partial charge in [-0.25, -0.2) is 0 Å². The van der Waals surface area contributed by atoms with Crippen LogP contribution in [0.5, 0.6) is 0 Å². The molecule has 0 saturated heterocycles. The van der Waals surface area contributed by atoms with Crippen LogP contribution in [-0.2, 0) is 0 Å². The van der Waals surface area contributed by atoms with Crippen LogP contribution < -0.4 is 0 Å². The van der Waals surface area contributed by atoms with Crippen LogP contribution in [-0.4, -0.2) is 0 Å². The Kier molecular flexibility index (Phi) is 3.05. The summed E-state index contributed by atoms with van der Waals surface area (Å²) in [6, 6.07) is 25.2. The van der Waals surface area contributed by atoms with E-state index in [-0.39, 0.29) is 0 Å². The summed E-state index contributed by atoms with van der Waals surface area (Å²) in [5, 5.41) is 11.5. The monoisotopic (exact) mass is 334 g/mol. The van der Waals surface area contributed by atoms with Crippen LogP contribution in [0.3, 0.4) is 0 Å². The zero-order valence-corrected chi connectivity index (χ0v) is 15.0. The SMILES string of the molecule is c1ccc2c(c1)c1cccc3ccc4ccc(C5CCCCC5)c2c4c31. The van der Waals surface area contributed by atoms with Crippen LogP contribution in [0.4, 0.5) is 0 Å². The lowest BCUT2D eigenvalue weighted by Gasteiger charge is -2.25. The zero-order chi connectivity index (χ0) is 17.1. The van der Waals surface area contributed by atoms with Gasteiger partial charge >= 0.3 is 0 Å². The molecule has 126 valence electrons. The van der Waals surface area contributed by atoms with Gasteiger partial charge in [-0.3, -0.25) is 0 Å². The van der Waals surface area contributed by atoms with Gasteiger partial charge in [0.15, 0.2) is 0 Å². The molecule has 0 nitrogen and oxygen atoms in total. The van der Waals surface area contributed by atoms with E-state index in [0.29, 0.717) is 0 Å². The molecule has 0 radical (unpaired) electrons. The van der Waals surface area contributed by atoms with Crippen molar-refractivity contribution in [3.8, 4) is 0 Å². The zero-order valence-electron chi connectivity index (χ0n) is 15.0. The normalized spacial score (nSPS) is 16.3. The quantitative estimate of drug-likeness (QED) is 0.217. The minimum Gasteiger partial charge on any atom is -0.0616 e. The van der Waals surface area contributed by atoms with Gasteiger partial charge in [0.05, 0.1) is 0 Å². The van der Waals surface area contributed by atoms with Crippen molar-refractivity contribution in [3.63, 3.8) is 0 Å². The third-order valence-electron chi connectivity index (χ3n) is 6.59. The molecule has 0 amide bonds. The summed E-state index contributed by atoms with van der Waals surface area (Å²) < 4.78 is 0. The van der Waals surface area contributed by atoms with Crippen molar-refractivity contribution in [3.05, 3.63) is 72.3 Å². The Balaban J connectivity index is 1.88. The molecule has 0 heteroatoms. The van der Waals surface area contributed by atoms with Crippen LogP contribution in [0.15, 0.2) is 66.7 Å². The smallest absolute Gasteiger partial charge is 0.00175 e.